The van der Waals surface area contributed by atoms with Crippen molar-refractivity contribution in [2.24, 2.45) is 0 Å². The molecule has 4 heteroatoms. The molecule has 0 saturated carbocycles. The Labute approximate surface area is 105 Å². The first-order valence-corrected chi connectivity index (χ1v) is 6.63. The highest BCUT2D eigenvalue weighted by Gasteiger charge is 2.02. The second kappa shape index (κ2) is 6.25. The number of carbonyl (C=O) groups excluding carboxylic acids is 1. The van der Waals surface area contributed by atoms with Crippen LogP contribution < -0.4 is 5.32 Å². The van der Waals surface area contributed by atoms with Gasteiger partial charge in [-0.15, -0.1) is 11.3 Å². The first-order chi connectivity index (χ1) is 8.34. The molecule has 2 N–H and O–H groups in total. The lowest BCUT2D eigenvalue weighted by Gasteiger charge is -2.03. The van der Waals surface area contributed by atoms with Crippen LogP contribution in [0.4, 0.5) is 0 Å². The number of aromatic amines is 1. The average molecular weight is 248 g/mol. The molecule has 2 aromatic rings. The number of carbonyl (C=O) groups is 1. The van der Waals surface area contributed by atoms with Gasteiger partial charge in [0.2, 0.25) is 5.91 Å². The van der Waals surface area contributed by atoms with E-state index in [2.05, 4.69) is 21.7 Å². The second-order valence-electron chi connectivity index (χ2n) is 3.93. The number of hydrogen-bond acceptors (Lipinski definition) is 2. The minimum Gasteiger partial charge on any atom is -0.367 e. The maximum Gasteiger partial charge on any atom is 0.220 e. The van der Waals surface area contributed by atoms with E-state index in [1.54, 1.807) is 11.3 Å². The maximum absolute atomic E-state index is 11.5. The van der Waals surface area contributed by atoms with Crippen LogP contribution >= 0.6 is 11.3 Å². The maximum atomic E-state index is 11.5. The normalized spacial score (nSPS) is 10.4. The van der Waals surface area contributed by atoms with Crippen molar-refractivity contribution < 1.29 is 4.79 Å². The second-order valence-corrected chi connectivity index (χ2v) is 4.96. The molecule has 90 valence electrons. The van der Waals surface area contributed by atoms with Crippen LogP contribution in [-0.4, -0.2) is 10.9 Å². The van der Waals surface area contributed by atoms with E-state index in [0.29, 0.717) is 13.0 Å². The summed E-state index contributed by atoms with van der Waals surface area (Å²) >= 11 is 1.75. The van der Waals surface area contributed by atoms with Crippen LogP contribution in [0.15, 0.2) is 36.0 Å². The highest BCUT2D eigenvalue weighted by Crippen LogP contribution is 2.11. The zero-order valence-electron chi connectivity index (χ0n) is 9.61. The van der Waals surface area contributed by atoms with Crippen LogP contribution in [0, 0.1) is 0 Å². The smallest absolute Gasteiger partial charge is 0.220 e. The molecular formula is C13H16N2OS. The molecule has 2 heterocycles. The van der Waals surface area contributed by atoms with Gasteiger partial charge in [0.1, 0.15) is 0 Å². The summed E-state index contributed by atoms with van der Waals surface area (Å²) in [6, 6.07) is 6.13. The Morgan fingerprint density at radius 1 is 1.41 bits per heavy atom. The Bertz CT molecular complexity index is 434. The van der Waals surface area contributed by atoms with Gasteiger partial charge in [0.25, 0.3) is 0 Å². The molecule has 17 heavy (non-hydrogen) atoms. The quantitative estimate of drug-likeness (QED) is 0.811. The third kappa shape index (κ3) is 4.07. The first-order valence-electron chi connectivity index (χ1n) is 5.75. The first kappa shape index (κ1) is 11.9. The monoisotopic (exact) mass is 248 g/mol. The number of thiophene rings is 1. The van der Waals surface area contributed by atoms with E-state index in [1.165, 1.54) is 4.88 Å². The fraction of sp³-hybridized carbons (Fsp3) is 0.308. The molecule has 0 aliphatic heterocycles. The van der Waals surface area contributed by atoms with Crippen LogP contribution in [0.25, 0.3) is 0 Å². The van der Waals surface area contributed by atoms with E-state index in [9.17, 15) is 4.79 Å². The summed E-state index contributed by atoms with van der Waals surface area (Å²) in [4.78, 5) is 15.9. The predicted octanol–water partition coefficient (Wildman–Crippen LogP) is 2.72. The van der Waals surface area contributed by atoms with E-state index in [4.69, 9.17) is 0 Å². The molecule has 3 nitrogen and oxygen atoms in total. The molecule has 0 unspecified atom stereocenters. The summed E-state index contributed by atoms with van der Waals surface area (Å²) in [5.41, 5.74) is 1.11. The fourth-order valence-corrected chi connectivity index (χ4v) is 2.39. The molecule has 2 aromatic heterocycles. The minimum absolute atomic E-state index is 0.128. The van der Waals surface area contributed by atoms with Crippen molar-refractivity contribution in [1.29, 1.82) is 0 Å². The van der Waals surface area contributed by atoms with Gasteiger partial charge in [-0.3, -0.25) is 4.79 Å². The van der Waals surface area contributed by atoms with Gasteiger partial charge in [-0.05, 0) is 35.9 Å². The lowest BCUT2D eigenvalue weighted by molar-refractivity contribution is -0.121. The molecule has 0 bridgehead atoms. The largest absolute Gasteiger partial charge is 0.367 e. The molecule has 0 atom stereocenters. The van der Waals surface area contributed by atoms with Gasteiger partial charge in [-0.25, -0.2) is 0 Å². The van der Waals surface area contributed by atoms with Crippen molar-refractivity contribution >= 4 is 17.2 Å². The van der Waals surface area contributed by atoms with Gasteiger partial charge in [0, 0.05) is 30.2 Å². The topological polar surface area (TPSA) is 44.9 Å². The van der Waals surface area contributed by atoms with Gasteiger partial charge < -0.3 is 10.3 Å². The summed E-state index contributed by atoms with van der Waals surface area (Å²) in [7, 11) is 0. The van der Waals surface area contributed by atoms with Crippen LogP contribution in [0.5, 0.6) is 0 Å². The summed E-state index contributed by atoms with van der Waals surface area (Å²) < 4.78 is 0. The summed E-state index contributed by atoms with van der Waals surface area (Å²) in [6.07, 6.45) is 6.27. The standard InChI is InChI=1S/C13H16N2OS/c16-13(15-10-11-6-7-14-9-11)5-1-3-12-4-2-8-17-12/h2,4,6-9,14H,1,3,5,10H2,(H,15,16). The zero-order chi connectivity index (χ0) is 11.9. The molecule has 0 fully saturated rings. The van der Waals surface area contributed by atoms with Crippen LogP contribution in [-0.2, 0) is 17.8 Å². The van der Waals surface area contributed by atoms with Crippen molar-refractivity contribution in [3.05, 3.63) is 46.4 Å². The molecule has 2 rings (SSSR count). The molecule has 0 aromatic carbocycles. The highest BCUT2D eigenvalue weighted by atomic mass is 32.1. The number of nitrogens with one attached hydrogen (secondary N) is 2. The molecule has 1 amide bonds. The average Bonchev–Trinajstić information content (AvgIpc) is 2.99. The van der Waals surface area contributed by atoms with Crippen LogP contribution in [0.1, 0.15) is 23.3 Å². The summed E-state index contributed by atoms with van der Waals surface area (Å²) in [5, 5.41) is 4.98. The third-order valence-corrected chi connectivity index (χ3v) is 3.50. The highest BCUT2D eigenvalue weighted by molar-refractivity contribution is 7.09. The van der Waals surface area contributed by atoms with E-state index in [1.807, 2.05) is 24.5 Å². The number of aryl methyl sites for hydroxylation is 1. The van der Waals surface area contributed by atoms with Gasteiger partial charge in [0.05, 0.1) is 0 Å². The number of aromatic nitrogens is 1. The van der Waals surface area contributed by atoms with Crippen molar-refractivity contribution in [1.82, 2.24) is 10.3 Å². The summed E-state index contributed by atoms with van der Waals surface area (Å²) in [6.45, 7) is 0.612. The van der Waals surface area contributed by atoms with Crippen molar-refractivity contribution in [3.8, 4) is 0 Å². The van der Waals surface area contributed by atoms with Gasteiger partial charge in [0.15, 0.2) is 0 Å². The van der Waals surface area contributed by atoms with E-state index in [0.717, 1.165) is 18.4 Å². The fourth-order valence-electron chi connectivity index (χ4n) is 1.64. The predicted molar refractivity (Wildman–Crippen MR) is 69.9 cm³/mol. The van der Waals surface area contributed by atoms with Crippen LogP contribution in [0.3, 0.4) is 0 Å². The number of rotatable bonds is 6. The van der Waals surface area contributed by atoms with Crippen molar-refractivity contribution in [3.63, 3.8) is 0 Å². The van der Waals surface area contributed by atoms with Crippen molar-refractivity contribution in [2.45, 2.75) is 25.8 Å². The van der Waals surface area contributed by atoms with E-state index in [-0.39, 0.29) is 5.91 Å². The van der Waals surface area contributed by atoms with Gasteiger partial charge in [-0.2, -0.15) is 0 Å². The van der Waals surface area contributed by atoms with Crippen molar-refractivity contribution in [2.75, 3.05) is 0 Å². The number of hydrogen-bond donors (Lipinski definition) is 2. The Balaban J connectivity index is 1.61. The Morgan fingerprint density at radius 2 is 2.35 bits per heavy atom. The van der Waals surface area contributed by atoms with E-state index >= 15 is 0 Å². The van der Waals surface area contributed by atoms with Crippen LogP contribution in [0.2, 0.25) is 0 Å². The molecule has 0 saturated heterocycles. The third-order valence-electron chi connectivity index (χ3n) is 2.56. The number of H-pyrrole nitrogens is 1. The zero-order valence-corrected chi connectivity index (χ0v) is 10.4. The molecule has 0 aliphatic carbocycles. The Kier molecular flexibility index (Phi) is 4.38. The SMILES string of the molecule is O=C(CCCc1cccs1)NCc1cc[nH]c1. The molecule has 0 radical (unpaired) electrons. The molecule has 0 spiro atoms. The molecule has 0 aliphatic rings. The molecular weight excluding hydrogens is 232 g/mol. The van der Waals surface area contributed by atoms with Gasteiger partial charge in [-0.1, -0.05) is 6.07 Å². The van der Waals surface area contributed by atoms with E-state index < -0.39 is 0 Å². The summed E-state index contributed by atoms with van der Waals surface area (Å²) in [5.74, 6) is 0.128. The Hall–Kier alpha value is -1.55. The van der Waals surface area contributed by atoms with Gasteiger partial charge >= 0.3 is 0 Å². The lowest BCUT2D eigenvalue weighted by Crippen LogP contribution is -2.22. The lowest BCUT2D eigenvalue weighted by atomic mass is 10.2. The minimum atomic E-state index is 0.128. The Morgan fingerprint density at radius 3 is 3.06 bits per heavy atom. The number of amides is 1.